The van der Waals surface area contributed by atoms with Gasteiger partial charge in [0.15, 0.2) is 10.9 Å². The Balaban J connectivity index is 1.34. The van der Waals surface area contributed by atoms with Crippen molar-refractivity contribution in [1.29, 1.82) is 0 Å². The molecule has 0 saturated carbocycles. The Bertz CT molecular complexity index is 1470. The number of hydrogen-bond acceptors (Lipinski definition) is 4. The van der Waals surface area contributed by atoms with E-state index in [2.05, 4.69) is 10.3 Å². The lowest BCUT2D eigenvalue weighted by Gasteiger charge is -2.12. The van der Waals surface area contributed by atoms with Gasteiger partial charge in [-0.1, -0.05) is 65.7 Å². The minimum atomic E-state index is -0.351. The number of thioether (sulfide) groups is 1. The Morgan fingerprint density at radius 1 is 0.971 bits per heavy atom. The number of amidine groups is 1. The molecule has 1 aliphatic rings. The van der Waals surface area contributed by atoms with Crippen LogP contribution in [-0.2, 0) is 11.4 Å². The lowest BCUT2D eigenvalue weighted by atomic mass is 10.1. The first kappa shape index (κ1) is 23.4. The summed E-state index contributed by atoms with van der Waals surface area (Å²) in [4.78, 5) is 17.2. The summed E-state index contributed by atoms with van der Waals surface area (Å²) in [6.07, 6.45) is 1.68. The highest BCUT2D eigenvalue weighted by Gasteiger charge is 2.24. The topological polar surface area (TPSA) is 50.7 Å². The number of carbonyl (C=O) groups is 1. The van der Waals surface area contributed by atoms with Crippen LogP contribution in [0, 0.1) is 5.82 Å². The number of nitrogens with one attached hydrogen (secondary N) is 1. The van der Waals surface area contributed by atoms with Crippen LogP contribution >= 0.6 is 35.0 Å². The van der Waals surface area contributed by atoms with E-state index < -0.39 is 0 Å². The van der Waals surface area contributed by atoms with Crippen LogP contribution in [0.4, 0.5) is 10.1 Å². The predicted molar refractivity (Wildman–Crippen MR) is 142 cm³/mol. The third-order valence-corrected chi connectivity index (χ3v) is 6.75. The normalized spacial score (nSPS) is 15.7. The summed E-state index contributed by atoms with van der Waals surface area (Å²) in [5.74, 6) is -0.263. The molecule has 0 aliphatic carbocycles. The van der Waals surface area contributed by atoms with Crippen LogP contribution in [0.2, 0.25) is 10.0 Å². The first-order valence-corrected chi connectivity index (χ1v) is 12.2. The molecular formula is C27H17Cl2FN2O2S. The fourth-order valence-electron chi connectivity index (χ4n) is 3.63. The third-order valence-electron chi connectivity index (χ3n) is 5.28. The second-order valence-electron chi connectivity index (χ2n) is 7.70. The van der Waals surface area contributed by atoms with Crippen molar-refractivity contribution in [3.8, 4) is 5.75 Å². The second kappa shape index (κ2) is 10.1. The van der Waals surface area contributed by atoms with Gasteiger partial charge in [0.25, 0.3) is 5.91 Å². The molecule has 0 spiro atoms. The van der Waals surface area contributed by atoms with E-state index in [1.807, 2.05) is 42.5 Å². The highest BCUT2D eigenvalue weighted by Crippen LogP contribution is 2.37. The average molecular weight is 523 g/mol. The van der Waals surface area contributed by atoms with Crippen molar-refractivity contribution in [1.82, 2.24) is 5.32 Å². The van der Waals surface area contributed by atoms with Gasteiger partial charge in [-0.05, 0) is 76.1 Å². The quantitative estimate of drug-likeness (QED) is 0.272. The lowest BCUT2D eigenvalue weighted by Crippen LogP contribution is -2.19. The van der Waals surface area contributed by atoms with E-state index in [0.29, 0.717) is 43.7 Å². The number of ether oxygens (including phenoxy) is 1. The van der Waals surface area contributed by atoms with Crippen LogP contribution < -0.4 is 10.1 Å². The minimum Gasteiger partial charge on any atom is -0.486 e. The number of nitrogens with zero attached hydrogens (tertiary/aromatic N) is 1. The molecule has 1 N–H and O–H groups in total. The molecule has 0 aromatic heterocycles. The molecular weight excluding hydrogens is 506 g/mol. The smallest absolute Gasteiger partial charge is 0.264 e. The second-order valence-corrected chi connectivity index (χ2v) is 9.54. The highest BCUT2D eigenvalue weighted by molar-refractivity contribution is 8.18. The zero-order valence-corrected chi connectivity index (χ0v) is 20.4. The molecule has 4 aromatic rings. The maximum atomic E-state index is 13.1. The molecule has 1 amide bonds. The van der Waals surface area contributed by atoms with Gasteiger partial charge in [-0.3, -0.25) is 4.79 Å². The molecule has 1 aliphatic heterocycles. The van der Waals surface area contributed by atoms with Crippen LogP contribution in [0.3, 0.4) is 0 Å². The molecule has 0 atom stereocenters. The number of amides is 1. The van der Waals surface area contributed by atoms with Crippen molar-refractivity contribution in [3.63, 3.8) is 0 Å². The van der Waals surface area contributed by atoms with Crippen molar-refractivity contribution < 1.29 is 13.9 Å². The largest absolute Gasteiger partial charge is 0.486 e. The summed E-state index contributed by atoms with van der Waals surface area (Å²) in [5.41, 5.74) is 2.21. The molecule has 4 aromatic carbocycles. The number of rotatable bonds is 5. The van der Waals surface area contributed by atoms with E-state index in [-0.39, 0.29) is 11.7 Å². The van der Waals surface area contributed by atoms with E-state index in [4.69, 9.17) is 27.9 Å². The van der Waals surface area contributed by atoms with Crippen molar-refractivity contribution in [2.75, 3.05) is 0 Å². The molecule has 0 radical (unpaired) electrons. The van der Waals surface area contributed by atoms with Crippen molar-refractivity contribution in [2.45, 2.75) is 6.61 Å². The molecule has 0 unspecified atom stereocenters. The van der Waals surface area contributed by atoms with Crippen molar-refractivity contribution in [3.05, 3.63) is 111 Å². The molecule has 1 heterocycles. The summed E-state index contributed by atoms with van der Waals surface area (Å²) in [6.45, 7) is 0.308. The van der Waals surface area contributed by atoms with Crippen LogP contribution in [0.25, 0.3) is 16.8 Å². The molecule has 1 fully saturated rings. The molecule has 35 heavy (non-hydrogen) atoms. The number of fused-ring (bicyclic) bond motifs is 1. The fourth-order valence-corrected chi connectivity index (χ4v) is 5.09. The summed E-state index contributed by atoms with van der Waals surface area (Å²) >= 11 is 14.2. The van der Waals surface area contributed by atoms with Crippen LogP contribution in [0.5, 0.6) is 5.75 Å². The van der Waals surface area contributed by atoms with E-state index in [1.165, 1.54) is 36.0 Å². The Morgan fingerprint density at radius 2 is 1.69 bits per heavy atom. The van der Waals surface area contributed by atoms with Gasteiger partial charge in [0.05, 0.1) is 20.6 Å². The first-order valence-electron chi connectivity index (χ1n) is 10.6. The SMILES string of the molecule is O=C1NC(=Nc2ccc(F)cc2)S/C1=C/c1cc(Cl)c(OCc2cccc3ccccc23)c(Cl)c1. The van der Waals surface area contributed by atoms with Gasteiger partial charge in [-0.25, -0.2) is 9.38 Å². The number of aliphatic imine (C=N–C) groups is 1. The van der Waals surface area contributed by atoms with Gasteiger partial charge in [0.2, 0.25) is 0 Å². The van der Waals surface area contributed by atoms with Gasteiger partial charge >= 0.3 is 0 Å². The fraction of sp³-hybridized carbons (Fsp3) is 0.0370. The first-order chi connectivity index (χ1) is 17.0. The molecule has 5 rings (SSSR count). The van der Waals surface area contributed by atoms with Crippen molar-refractivity contribution >= 4 is 68.6 Å². The highest BCUT2D eigenvalue weighted by atomic mass is 35.5. The lowest BCUT2D eigenvalue weighted by molar-refractivity contribution is -0.115. The Morgan fingerprint density at radius 3 is 2.46 bits per heavy atom. The van der Waals surface area contributed by atoms with Crippen molar-refractivity contribution in [2.24, 2.45) is 4.99 Å². The number of halogens is 3. The van der Waals surface area contributed by atoms with E-state index in [1.54, 1.807) is 18.2 Å². The van der Waals surface area contributed by atoms with Gasteiger partial charge in [0.1, 0.15) is 12.4 Å². The van der Waals surface area contributed by atoms with Gasteiger partial charge < -0.3 is 10.1 Å². The summed E-state index contributed by atoms with van der Waals surface area (Å²) in [6, 6.07) is 23.2. The Labute approximate surface area is 215 Å². The van der Waals surface area contributed by atoms with Gasteiger partial charge in [-0.15, -0.1) is 0 Å². The minimum absolute atomic E-state index is 0.292. The summed E-state index contributed by atoms with van der Waals surface area (Å²) in [7, 11) is 0. The Hall–Kier alpha value is -3.32. The molecule has 174 valence electrons. The standard InChI is InChI=1S/C27H17Cl2FN2O2S/c28-22-12-16(14-24-26(33)32-27(35-24)31-20-10-8-19(30)9-11-20)13-23(29)25(22)34-15-18-6-3-5-17-4-1-2-7-21(17)18/h1-14H,15H2,(H,31,32,33)/b24-14+. The maximum Gasteiger partial charge on any atom is 0.264 e. The van der Waals surface area contributed by atoms with Crippen LogP contribution in [0.15, 0.2) is 88.8 Å². The molecule has 4 nitrogen and oxygen atoms in total. The number of carbonyl (C=O) groups excluding carboxylic acids is 1. The van der Waals surface area contributed by atoms with E-state index in [0.717, 1.165) is 16.3 Å². The van der Waals surface area contributed by atoms with Gasteiger partial charge in [0, 0.05) is 0 Å². The van der Waals surface area contributed by atoms with Crippen LogP contribution in [0.1, 0.15) is 11.1 Å². The number of hydrogen-bond donors (Lipinski definition) is 1. The summed E-state index contributed by atoms with van der Waals surface area (Å²) < 4.78 is 19.1. The van der Waals surface area contributed by atoms with E-state index in [9.17, 15) is 9.18 Å². The third kappa shape index (κ3) is 5.35. The summed E-state index contributed by atoms with van der Waals surface area (Å²) in [5, 5.41) is 6.02. The molecule has 8 heteroatoms. The molecule has 1 saturated heterocycles. The zero-order chi connectivity index (χ0) is 24.4. The molecule has 0 bridgehead atoms. The van der Waals surface area contributed by atoms with Gasteiger partial charge in [-0.2, -0.15) is 0 Å². The Kier molecular flexibility index (Phi) is 6.77. The average Bonchev–Trinajstić information content (AvgIpc) is 3.18. The van der Waals surface area contributed by atoms with Crippen LogP contribution in [-0.4, -0.2) is 11.1 Å². The maximum absolute atomic E-state index is 13.1. The van der Waals surface area contributed by atoms with E-state index >= 15 is 0 Å². The number of benzene rings is 4. The predicted octanol–water partition coefficient (Wildman–Crippen LogP) is 7.76. The monoisotopic (exact) mass is 522 g/mol. The zero-order valence-electron chi connectivity index (χ0n) is 18.1.